The van der Waals surface area contributed by atoms with E-state index >= 15 is 0 Å². The number of unbranched alkanes of at least 4 members (excludes halogenated alkanes) is 1. The SMILES string of the molecule is C#C.CC.CC(=O)OCc1ccc(Cl)cc1N(CCCCS(=O)(=O)Cl)S(=O)c1ccc(Cl)cc1. The zero-order valence-electron chi connectivity index (χ0n) is 19.2. The number of carbonyl (C=O) groups is 1. The maximum Gasteiger partial charge on any atom is 0.302 e. The van der Waals surface area contributed by atoms with E-state index < -0.39 is 26.0 Å². The first-order chi connectivity index (χ1) is 16.1. The van der Waals surface area contributed by atoms with E-state index in [1.54, 1.807) is 46.8 Å². The summed E-state index contributed by atoms with van der Waals surface area (Å²) in [6, 6.07) is 11.5. The Morgan fingerprint density at radius 1 is 1.03 bits per heavy atom. The van der Waals surface area contributed by atoms with Gasteiger partial charge in [-0.15, -0.1) is 12.8 Å². The molecule has 0 aromatic heterocycles. The fraction of sp³-hybridized carbons (Fsp3) is 0.348. The van der Waals surface area contributed by atoms with Crippen LogP contribution in [0.25, 0.3) is 0 Å². The summed E-state index contributed by atoms with van der Waals surface area (Å²) in [5.41, 5.74) is 1.13. The van der Waals surface area contributed by atoms with Crippen molar-refractivity contribution in [2.75, 3.05) is 16.6 Å². The highest BCUT2D eigenvalue weighted by atomic mass is 35.7. The number of esters is 1. The Labute approximate surface area is 219 Å². The van der Waals surface area contributed by atoms with Crippen LogP contribution in [0.1, 0.15) is 39.2 Å². The van der Waals surface area contributed by atoms with Crippen molar-refractivity contribution < 1.29 is 22.2 Å². The smallest absolute Gasteiger partial charge is 0.302 e. The molecule has 0 saturated heterocycles. The van der Waals surface area contributed by atoms with E-state index in [0.29, 0.717) is 39.0 Å². The summed E-state index contributed by atoms with van der Waals surface area (Å²) in [5.74, 6) is -0.639. The molecule has 0 bridgehead atoms. The van der Waals surface area contributed by atoms with Crippen molar-refractivity contribution in [3.63, 3.8) is 0 Å². The molecule has 2 rings (SSSR count). The van der Waals surface area contributed by atoms with Crippen LogP contribution in [-0.4, -0.2) is 30.9 Å². The fourth-order valence-electron chi connectivity index (χ4n) is 2.57. The molecule has 2 aromatic rings. The minimum atomic E-state index is -3.61. The second-order valence-corrected chi connectivity index (χ2v) is 11.5. The number of benzene rings is 2. The van der Waals surface area contributed by atoms with Gasteiger partial charge in [0.15, 0.2) is 11.0 Å². The third-order valence-electron chi connectivity index (χ3n) is 3.96. The number of hydrogen-bond donors (Lipinski definition) is 0. The van der Waals surface area contributed by atoms with Gasteiger partial charge in [0.05, 0.1) is 16.3 Å². The average molecular weight is 569 g/mol. The first-order valence-electron chi connectivity index (χ1n) is 10.2. The zero-order chi connectivity index (χ0) is 26.3. The van der Waals surface area contributed by atoms with Gasteiger partial charge in [-0.05, 0) is 49.2 Å². The molecule has 6 nitrogen and oxygen atoms in total. The van der Waals surface area contributed by atoms with Crippen LogP contribution in [0.4, 0.5) is 5.69 Å². The molecule has 0 amide bonds. The Balaban J connectivity index is 0.00000258. The van der Waals surface area contributed by atoms with Gasteiger partial charge >= 0.3 is 5.97 Å². The molecule has 0 spiro atoms. The molecule has 0 radical (unpaired) electrons. The molecule has 0 aliphatic heterocycles. The van der Waals surface area contributed by atoms with Gasteiger partial charge in [0.2, 0.25) is 9.05 Å². The maximum atomic E-state index is 13.3. The van der Waals surface area contributed by atoms with E-state index in [9.17, 15) is 17.4 Å². The van der Waals surface area contributed by atoms with E-state index in [2.05, 4.69) is 12.8 Å². The largest absolute Gasteiger partial charge is 0.461 e. The monoisotopic (exact) mass is 567 g/mol. The molecule has 0 heterocycles. The number of rotatable bonds is 10. The average Bonchev–Trinajstić information content (AvgIpc) is 2.80. The lowest BCUT2D eigenvalue weighted by Crippen LogP contribution is -2.28. The van der Waals surface area contributed by atoms with Crippen molar-refractivity contribution in [2.24, 2.45) is 0 Å². The Morgan fingerprint density at radius 2 is 1.59 bits per heavy atom. The third-order valence-corrected chi connectivity index (χ3v) is 7.14. The van der Waals surface area contributed by atoms with Crippen molar-refractivity contribution in [3.05, 3.63) is 58.1 Å². The fourth-order valence-corrected chi connectivity index (χ4v) is 5.01. The van der Waals surface area contributed by atoms with Crippen molar-refractivity contribution in [3.8, 4) is 12.8 Å². The number of hydrogen-bond acceptors (Lipinski definition) is 5. The summed E-state index contributed by atoms with van der Waals surface area (Å²) < 4.78 is 42.4. The summed E-state index contributed by atoms with van der Waals surface area (Å²) in [7, 11) is 0.0188. The molecule has 0 fully saturated rings. The highest BCUT2D eigenvalue weighted by Crippen LogP contribution is 2.30. The van der Waals surface area contributed by atoms with E-state index in [1.165, 1.54) is 6.92 Å². The van der Waals surface area contributed by atoms with Crippen LogP contribution >= 0.6 is 33.9 Å². The van der Waals surface area contributed by atoms with Crippen LogP contribution in [0.15, 0.2) is 47.4 Å². The Hall–Kier alpha value is -1.76. The van der Waals surface area contributed by atoms with Crippen molar-refractivity contribution in [1.29, 1.82) is 0 Å². The van der Waals surface area contributed by atoms with Crippen LogP contribution in [0, 0.1) is 12.8 Å². The van der Waals surface area contributed by atoms with E-state index in [1.807, 2.05) is 13.8 Å². The first kappa shape index (κ1) is 32.2. The second kappa shape index (κ2) is 16.8. The number of carbonyl (C=O) groups excluding carboxylic acids is 1. The first-order valence-corrected chi connectivity index (χ1v) is 14.5. The van der Waals surface area contributed by atoms with Crippen molar-refractivity contribution >= 4 is 65.6 Å². The number of anilines is 1. The second-order valence-electron chi connectivity index (χ2n) is 6.31. The van der Waals surface area contributed by atoms with Gasteiger partial charge in [-0.1, -0.05) is 43.1 Å². The maximum absolute atomic E-state index is 13.3. The minimum Gasteiger partial charge on any atom is -0.461 e. The van der Waals surface area contributed by atoms with E-state index in [0.717, 1.165) is 0 Å². The van der Waals surface area contributed by atoms with Gasteiger partial charge in [-0.2, -0.15) is 0 Å². The molecule has 34 heavy (non-hydrogen) atoms. The lowest BCUT2D eigenvalue weighted by molar-refractivity contribution is -0.142. The van der Waals surface area contributed by atoms with E-state index in [4.69, 9.17) is 38.6 Å². The Bertz CT molecular complexity index is 1060. The van der Waals surface area contributed by atoms with Gasteiger partial charge in [0.25, 0.3) is 0 Å². The quantitative estimate of drug-likeness (QED) is 0.147. The molecule has 0 aliphatic rings. The van der Waals surface area contributed by atoms with Crippen LogP contribution in [-0.2, 0) is 36.2 Å². The van der Waals surface area contributed by atoms with Gasteiger partial charge in [-0.25, -0.2) is 12.6 Å². The normalized spacial score (nSPS) is 11.2. The predicted octanol–water partition coefficient (Wildman–Crippen LogP) is 6.21. The van der Waals surface area contributed by atoms with Gasteiger partial charge < -0.3 is 4.74 Å². The van der Waals surface area contributed by atoms with Crippen molar-refractivity contribution in [2.45, 2.75) is 45.1 Å². The number of halogens is 3. The lowest BCUT2D eigenvalue weighted by atomic mass is 10.2. The minimum absolute atomic E-state index is 0.0216. The van der Waals surface area contributed by atoms with E-state index in [-0.39, 0.29) is 18.9 Å². The summed E-state index contributed by atoms with van der Waals surface area (Å²) in [6.07, 6.45) is 8.70. The Kier molecular flexibility index (Phi) is 15.9. The van der Waals surface area contributed by atoms with Crippen molar-refractivity contribution in [1.82, 2.24) is 0 Å². The molecule has 188 valence electrons. The molecule has 11 heteroatoms. The van der Waals surface area contributed by atoms with Gasteiger partial charge in [-0.3, -0.25) is 9.10 Å². The number of terminal acetylenes is 1. The lowest BCUT2D eigenvalue weighted by Gasteiger charge is -2.26. The van der Waals surface area contributed by atoms with Gasteiger partial charge in [0.1, 0.15) is 6.61 Å². The molecular weight excluding hydrogens is 541 g/mol. The highest BCUT2D eigenvalue weighted by Gasteiger charge is 2.20. The standard InChI is InChI=1S/C19H20Cl3NO5S2.C2H6.C2H2/c1-14(24)28-13-15-4-5-17(21)12-19(15)23(10-2-3-11-30(22,26)27)29(25)18-8-6-16(20)7-9-18;2*1-2/h4-9,12H,2-3,10-11,13H2,1H3;1-2H3;1-2H. The number of nitrogens with zero attached hydrogens (tertiary/aromatic N) is 1. The molecule has 0 aliphatic carbocycles. The summed E-state index contributed by atoms with van der Waals surface area (Å²) >= 11 is 12.1. The topological polar surface area (TPSA) is 80.8 Å². The molecule has 1 atom stereocenters. The highest BCUT2D eigenvalue weighted by molar-refractivity contribution is 8.13. The molecule has 1 unspecified atom stereocenters. The van der Waals surface area contributed by atoms with Crippen LogP contribution in [0.5, 0.6) is 0 Å². The van der Waals surface area contributed by atoms with Crippen LogP contribution in [0.3, 0.4) is 0 Å². The zero-order valence-corrected chi connectivity index (χ0v) is 23.1. The summed E-state index contributed by atoms with van der Waals surface area (Å²) in [6.45, 7) is 5.53. The summed E-state index contributed by atoms with van der Waals surface area (Å²) in [5, 5.41) is 0.922. The van der Waals surface area contributed by atoms with Gasteiger partial charge in [0, 0.05) is 39.8 Å². The summed E-state index contributed by atoms with van der Waals surface area (Å²) in [4.78, 5) is 11.8. The number of ether oxygens (including phenoxy) is 1. The molecule has 0 N–H and O–H groups in total. The molecule has 0 saturated carbocycles. The molecular formula is C23H28Cl3NO5S2. The predicted molar refractivity (Wildman–Crippen MR) is 142 cm³/mol. The Morgan fingerprint density at radius 3 is 2.12 bits per heavy atom. The molecule has 2 aromatic carbocycles. The van der Waals surface area contributed by atoms with Crippen LogP contribution in [0.2, 0.25) is 10.0 Å². The third kappa shape index (κ3) is 12.1. The van der Waals surface area contributed by atoms with Crippen LogP contribution < -0.4 is 4.31 Å².